The molecule has 0 fully saturated rings. The van der Waals surface area contributed by atoms with Gasteiger partial charge in [-0.1, -0.05) is 0 Å². The van der Waals surface area contributed by atoms with Gasteiger partial charge in [-0.05, 0) is 0 Å². The molecule has 0 radical (unpaired) electrons. The van der Waals surface area contributed by atoms with Crippen LogP contribution in [0, 0.1) is 5.92 Å². The first kappa shape index (κ1) is 40.8. The number of allylic oxidation sites excluding steroid dienone is 2. The van der Waals surface area contributed by atoms with Crippen molar-refractivity contribution in [2.45, 2.75) is 103 Å². The van der Waals surface area contributed by atoms with Crippen molar-refractivity contribution in [1.82, 2.24) is 0 Å². The Kier molecular flexibility index (Phi) is 12.4. The Hall–Kier alpha value is -1.96. The predicted octanol–water partition coefficient (Wildman–Crippen LogP) is 14.0. The Morgan fingerprint density at radius 1 is 0.640 bits per heavy atom. The Balaban J connectivity index is 0.00000281. The SMILES string of the molecule is CCC1=Cc2c(-c3ccc(C(C)CC)cc3)cccc2[CH]1[Zr]([CH3])([CH3])(=[SiH2])[CH]1C(C(C)CC)=Cc2c(-c3ccc(C(C)(C)C)cc3)cccc21.Cl.Cl. The molecular formula is C46H60Cl2SiZr. The van der Waals surface area contributed by atoms with E-state index in [0.717, 1.165) is 6.42 Å². The summed E-state index contributed by atoms with van der Waals surface area (Å²) < 4.78 is 6.66. The fraction of sp³-hybridized carbons (Fsp3) is 0.391. The van der Waals surface area contributed by atoms with Crippen molar-refractivity contribution < 1.29 is 17.4 Å². The Morgan fingerprint density at radius 2 is 1.12 bits per heavy atom. The summed E-state index contributed by atoms with van der Waals surface area (Å²) in [6.45, 7) is 21.3. The third kappa shape index (κ3) is 7.18. The minimum absolute atomic E-state index is 0. The monoisotopic (exact) mass is 800 g/mol. The van der Waals surface area contributed by atoms with Gasteiger partial charge in [0.05, 0.1) is 0 Å². The fourth-order valence-corrected chi connectivity index (χ4v) is 29.0. The first-order valence-electron chi connectivity index (χ1n) is 18.6. The van der Waals surface area contributed by atoms with Crippen molar-refractivity contribution >= 4 is 43.8 Å². The average Bonchev–Trinajstić information content (AvgIpc) is 3.68. The van der Waals surface area contributed by atoms with E-state index in [1.165, 1.54) is 57.3 Å². The van der Waals surface area contributed by atoms with Gasteiger partial charge in [-0.25, -0.2) is 0 Å². The summed E-state index contributed by atoms with van der Waals surface area (Å²) in [5.41, 5.74) is 18.0. The number of benzene rings is 4. The molecule has 4 aromatic carbocycles. The van der Waals surface area contributed by atoms with Gasteiger partial charge in [0.1, 0.15) is 0 Å². The summed E-state index contributed by atoms with van der Waals surface area (Å²) in [6.07, 6.45) is 8.72. The second-order valence-corrected chi connectivity index (χ2v) is 47.7. The van der Waals surface area contributed by atoms with E-state index in [0.29, 0.717) is 19.1 Å². The van der Waals surface area contributed by atoms with E-state index >= 15 is 0 Å². The zero-order chi connectivity index (χ0) is 34.6. The Bertz CT molecular complexity index is 1970. The maximum absolute atomic E-state index is 3.72. The molecule has 0 aliphatic heterocycles. The zero-order valence-corrected chi connectivity index (χ0v) is 37.7. The van der Waals surface area contributed by atoms with Gasteiger partial charge in [-0.15, -0.1) is 24.8 Å². The van der Waals surface area contributed by atoms with Crippen LogP contribution in [0.5, 0.6) is 0 Å². The molecule has 0 aromatic heterocycles. The van der Waals surface area contributed by atoms with Gasteiger partial charge in [0, 0.05) is 0 Å². The van der Waals surface area contributed by atoms with Crippen LogP contribution in [0.2, 0.25) is 9.26 Å². The number of halogens is 2. The largest absolute Gasteiger partial charge is 0.147 e. The normalized spacial score (nSPS) is 18.2. The number of hydrogen-bond acceptors (Lipinski definition) is 0. The number of hydrogen-bond donors (Lipinski definition) is 0. The summed E-state index contributed by atoms with van der Waals surface area (Å²) in [5.74, 6) is 1.15. The number of fused-ring (bicyclic) bond motifs is 2. The maximum atomic E-state index is 2.80. The maximum Gasteiger partial charge on any atom is -0.147 e. The smallest absolute Gasteiger partial charge is 0.147 e. The molecule has 2 aliphatic rings. The van der Waals surface area contributed by atoms with Crippen molar-refractivity contribution in [3.63, 3.8) is 0 Å². The molecule has 4 heteroatoms. The van der Waals surface area contributed by atoms with Gasteiger partial charge in [0.25, 0.3) is 0 Å². The van der Waals surface area contributed by atoms with Gasteiger partial charge in [0.2, 0.25) is 0 Å². The first-order valence-corrected chi connectivity index (χ1v) is 32.3. The van der Waals surface area contributed by atoms with E-state index in [1.807, 2.05) is 0 Å². The molecule has 0 amide bonds. The molecule has 0 saturated carbocycles. The first-order chi connectivity index (χ1) is 22.7. The average molecular weight is 803 g/mol. The zero-order valence-electron chi connectivity index (χ0n) is 32.2. The van der Waals surface area contributed by atoms with Gasteiger partial charge in [-0.2, -0.15) is 0 Å². The minimum Gasteiger partial charge on any atom is -0.147 e. The van der Waals surface area contributed by atoms with E-state index < -0.39 is 17.4 Å². The summed E-state index contributed by atoms with van der Waals surface area (Å²) in [4.78, 5) is 0. The molecule has 4 aromatic rings. The molecule has 266 valence electrons. The van der Waals surface area contributed by atoms with Crippen molar-refractivity contribution in [2.75, 3.05) is 0 Å². The van der Waals surface area contributed by atoms with Crippen LogP contribution >= 0.6 is 24.8 Å². The standard InChI is InChI=1S/C23H27.C21H23.2CH3.2ClH.H2Si.Zr/c1-6-16(2)19-14-18-8-7-9-21(22(18)15-19)17-10-12-20(13-11-17)23(3,4)5;1-4-15(3)17-9-11-18(12-10-17)20-8-6-7-19-13-16(5-2)14-21(19)20;;;;;;/h7-16H,6H2,1-5H3;6-15H,4-5H2,1-3H3;2*1H3;2*1H;1H2;. The molecule has 4 unspecified atom stereocenters. The summed E-state index contributed by atoms with van der Waals surface area (Å²) in [5, 5.41) is 0. The third-order valence-corrected chi connectivity index (χ3v) is 29.6. The molecule has 0 nitrogen and oxygen atoms in total. The van der Waals surface area contributed by atoms with Gasteiger partial charge < -0.3 is 0 Å². The van der Waals surface area contributed by atoms with Crippen molar-refractivity contribution in [1.29, 1.82) is 0 Å². The molecule has 50 heavy (non-hydrogen) atoms. The van der Waals surface area contributed by atoms with Crippen LogP contribution in [0.3, 0.4) is 0 Å². The fourth-order valence-electron chi connectivity index (χ4n) is 9.08. The van der Waals surface area contributed by atoms with E-state index in [2.05, 4.69) is 169 Å². The van der Waals surface area contributed by atoms with Crippen LogP contribution in [-0.2, 0) is 22.8 Å². The van der Waals surface area contributed by atoms with Crippen LogP contribution < -0.4 is 0 Å². The predicted molar refractivity (Wildman–Crippen MR) is 227 cm³/mol. The van der Waals surface area contributed by atoms with Gasteiger partial charge >= 0.3 is 297 Å². The van der Waals surface area contributed by atoms with Crippen LogP contribution in [0.4, 0.5) is 0 Å². The Morgan fingerprint density at radius 3 is 1.60 bits per heavy atom. The molecule has 6 rings (SSSR count). The van der Waals surface area contributed by atoms with E-state index in [-0.39, 0.29) is 30.2 Å². The van der Waals surface area contributed by atoms with Gasteiger partial charge in [-0.3, -0.25) is 0 Å². The molecule has 0 N–H and O–H groups in total. The minimum atomic E-state index is -3.72. The summed E-state index contributed by atoms with van der Waals surface area (Å²) >= 11 is -3.72. The van der Waals surface area contributed by atoms with Crippen molar-refractivity contribution in [3.05, 3.63) is 129 Å². The molecule has 2 aliphatic carbocycles. The van der Waals surface area contributed by atoms with Crippen LogP contribution in [-0.4, -0.2) is 6.88 Å². The summed E-state index contributed by atoms with van der Waals surface area (Å²) in [7, 11) is 0. The van der Waals surface area contributed by atoms with E-state index in [4.69, 9.17) is 0 Å². The van der Waals surface area contributed by atoms with Crippen molar-refractivity contribution in [2.24, 2.45) is 5.92 Å². The van der Waals surface area contributed by atoms with E-state index in [1.54, 1.807) is 22.3 Å². The number of rotatable bonds is 9. The topological polar surface area (TPSA) is 0 Å². The van der Waals surface area contributed by atoms with Gasteiger partial charge in [0.15, 0.2) is 0 Å². The van der Waals surface area contributed by atoms with Crippen molar-refractivity contribution in [3.8, 4) is 22.3 Å². The molecule has 0 bridgehead atoms. The molecule has 0 heterocycles. The molecule has 0 spiro atoms. The van der Waals surface area contributed by atoms with Crippen LogP contribution in [0.1, 0.15) is 121 Å². The van der Waals surface area contributed by atoms with E-state index in [9.17, 15) is 0 Å². The molecule has 4 atom stereocenters. The van der Waals surface area contributed by atoms with Crippen LogP contribution in [0.15, 0.2) is 96.1 Å². The third-order valence-electron chi connectivity index (χ3n) is 12.2. The Labute approximate surface area is 319 Å². The van der Waals surface area contributed by atoms with Crippen LogP contribution in [0.25, 0.3) is 34.4 Å². The molecule has 0 saturated heterocycles. The second kappa shape index (κ2) is 15.2. The quantitative estimate of drug-likeness (QED) is 0.148. The summed E-state index contributed by atoms with van der Waals surface area (Å²) in [6, 6.07) is 33.3. The molecular weight excluding hydrogens is 743 g/mol. The second-order valence-electron chi connectivity index (χ2n) is 17.2.